The maximum absolute atomic E-state index is 12.9. The van der Waals surface area contributed by atoms with Gasteiger partial charge in [-0.1, -0.05) is 35.3 Å². The van der Waals surface area contributed by atoms with E-state index in [9.17, 15) is 14.0 Å². The maximum atomic E-state index is 12.9. The van der Waals surface area contributed by atoms with Crippen molar-refractivity contribution in [3.8, 4) is 0 Å². The Hall–Kier alpha value is -2.11. The summed E-state index contributed by atoms with van der Waals surface area (Å²) < 4.78 is 17.8. The van der Waals surface area contributed by atoms with Crippen LogP contribution in [0.4, 0.5) is 4.39 Å². The number of hydrogen-bond acceptors (Lipinski definition) is 3. The molecule has 0 aliphatic rings. The second-order valence-corrected chi connectivity index (χ2v) is 5.88. The monoisotopic (exact) mass is 369 g/mol. The van der Waals surface area contributed by atoms with Gasteiger partial charge < -0.3 is 10.1 Å². The van der Waals surface area contributed by atoms with Crippen molar-refractivity contribution in [3.05, 3.63) is 69.5 Å². The van der Waals surface area contributed by atoms with Gasteiger partial charge in [0.1, 0.15) is 5.82 Å². The maximum Gasteiger partial charge on any atom is 0.340 e. The molecule has 1 amide bonds. The van der Waals surface area contributed by atoms with Gasteiger partial charge in [0.25, 0.3) is 5.91 Å². The summed E-state index contributed by atoms with van der Waals surface area (Å²) in [5, 5.41) is 3.17. The van der Waals surface area contributed by atoms with Crippen molar-refractivity contribution in [1.82, 2.24) is 5.32 Å². The Bertz CT molecular complexity index is 750. The molecule has 0 saturated carbocycles. The quantitative estimate of drug-likeness (QED) is 0.804. The van der Waals surface area contributed by atoms with Crippen LogP contribution in [0.1, 0.15) is 28.9 Å². The average molecular weight is 370 g/mol. The second-order valence-electron chi connectivity index (χ2n) is 5.04. The van der Waals surface area contributed by atoms with Gasteiger partial charge in [-0.3, -0.25) is 4.79 Å². The fourth-order valence-electron chi connectivity index (χ4n) is 1.98. The molecule has 0 bridgehead atoms. The lowest BCUT2D eigenvalue weighted by Gasteiger charge is -2.14. The number of nitrogens with one attached hydrogen (secondary N) is 1. The Morgan fingerprint density at radius 3 is 2.50 bits per heavy atom. The highest BCUT2D eigenvalue weighted by Crippen LogP contribution is 2.21. The van der Waals surface area contributed by atoms with Gasteiger partial charge in [0.15, 0.2) is 6.61 Å². The first kappa shape index (κ1) is 18.2. The predicted molar refractivity (Wildman–Crippen MR) is 89.7 cm³/mol. The molecule has 0 radical (unpaired) electrons. The van der Waals surface area contributed by atoms with Crippen LogP contribution in [0.3, 0.4) is 0 Å². The van der Waals surface area contributed by atoms with Crippen molar-refractivity contribution in [3.63, 3.8) is 0 Å². The first-order valence-electron chi connectivity index (χ1n) is 7.04. The largest absolute Gasteiger partial charge is 0.452 e. The van der Waals surface area contributed by atoms with Crippen LogP contribution in [0, 0.1) is 5.82 Å². The standard InChI is InChI=1S/C17H14Cl2FNO3/c1-10(11-2-5-13(20)6-3-11)21-16(22)9-24-17(23)14-8-12(18)4-7-15(14)19/h2-8,10H,9H2,1H3,(H,21,22)/t10-/m1/s1. The van der Waals surface area contributed by atoms with Crippen molar-refractivity contribution < 1.29 is 18.7 Å². The highest BCUT2D eigenvalue weighted by Gasteiger charge is 2.16. The van der Waals surface area contributed by atoms with Crippen molar-refractivity contribution >= 4 is 35.1 Å². The van der Waals surface area contributed by atoms with E-state index in [1.54, 1.807) is 19.1 Å². The summed E-state index contributed by atoms with van der Waals surface area (Å²) in [5.41, 5.74) is 0.817. The Kier molecular flexibility index (Phi) is 6.17. The Labute approximate surface area is 148 Å². The first-order chi connectivity index (χ1) is 11.4. The van der Waals surface area contributed by atoms with Crippen molar-refractivity contribution in [2.45, 2.75) is 13.0 Å². The van der Waals surface area contributed by atoms with Gasteiger partial charge in [-0.15, -0.1) is 0 Å². The van der Waals surface area contributed by atoms with Gasteiger partial charge in [0.2, 0.25) is 0 Å². The lowest BCUT2D eigenvalue weighted by molar-refractivity contribution is -0.124. The van der Waals surface area contributed by atoms with Gasteiger partial charge in [-0.2, -0.15) is 0 Å². The molecule has 24 heavy (non-hydrogen) atoms. The highest BCUT2D eigenvalue weighted by atomic mass is 35.5. The minimum Gasteiger partial charge on any atom is -0.452 e. The van der Waals surface area contributed by atoms with E-state index in [0.29, 0.717) is 5.02 Å². The summed E-state index contributed by atoms with van der Waals surface area (Å²) in [6.07, 6.45) is 0. The van der Waals surface area contributed by atoms with Crippen molar-refractivity contribution in [2.24, 2.45) is 0 Å². The molecule has 2 aromatic rings. The summed E-state index contributed by atoms with van der Waals surface area (Å²) in [4.78, 5) is 23.8. The summed E-state index contributed by atoms with van der Waals surface area (Å²) in [6, 6.07) is 9.76. The molecule has 0 aliphatic heterocycles. The van der Waals surface area contributed by atoms with Crippen LogP contribution in [0.2, 0.25) is 10.0 Å². The number of benzene rings is 2. The van der Waals surface area contributed by atoms with E-state index in [1.807, 2.05) is 0 Å². The zero-order valence-electron chi connectivity index (χ0n) is 12.7. The molecular weight excluding hydrogens is 356 g/mol. The van der Waals surface area contributed by atoms with Crippen LogP contribution >= 0.6 is 23.2 Å². The van der Waals surface area contributed by atoms with Crippen LogP contribution < -0.4 is 5.32 Å². The molecule has 1 atom stereocenters. The van der Waals surface area contributed by atoms with Gasteiger partial charge in [-0.25, -0.2) is 9.18 Å². The molecule has 0 aromatic heterocycles. The van der Waals surface area contributed by atoms with Gasteiger partial charge in [-0.05, 0) is 42.8 Å². The molecule has 2 rings (SSSR count). The lowest BCUT2D eigenvalue weighted by Crippen LogP contribution is -2.31. The van der Waals surface area contributed by atoms with Crippen molar-refractivity contribution in [2.75, 3.05) is 6.61 Å². The Morgan fingerprint density at radius 2 is 1.83 bits per heavy atom. The summed E-state index contributed by atoms with van der Waals surface area (Å²) in [5.74, 6) is -1.59. The number of amides is 1. The number of hydrogen-bond donors (Lipinski definition) is 1. The van der Waals surface area contributed by atoms with Crippen LogP contribution in [-0.2, 0) is 9.53 Å². The van der Waals surface area contributed by atoms with E-state index in [4.69, 9.17) is 27.9 Å². The smallest absolute Gasteiger partial charge is 0.340 e. The zero-order chi connectivity index (χ0) is 17.7. The molecule has 0 heterocycles. The second kappa shape index (κ2) is 8.13. The number of esters is 1. The van der Waals surface area contributed by atoms with E-state index >= 15 is 0 Å². The number of rotatable bonds is 5. The van der Waals surface area contributed by atoms with Crippen LogP contribution in [0.25, 0.3) is 0 Å². The average Bonchev–Trinajstić information content (AvgIpc) is 2.55. The normalized spacial score (nSPS) is 11.7. The van der Waals surface area contributed by atoms with Gasteiger partial charge in [0, 0.05) is 5.02 Å². The van der Waals surface area contributed by atoms with E-state index in [1.165, 1.54) is 30.3 Å². The van der Waals surface area contributed by atoms with Crippen LogP contribution in [0.15, 0.2) is 42.5 Å². The third-order valence-electron chi connectivity index (χ3n) is 3.23. The lowest BCUT2D eigenvalue weighted by atomic mass is 10.1. The molecule has 2 aromatic carbocycles. The van der Waals surface area contributed by atoms with E-state index in [-0.39, 0.29) is 22.4 Å². The van der Waals surface area contributed by atoms with Crippen LogP contribution in [0.5, 0.6) is 0 Å². The molecule has 1 N–H and O–H groups in total. The van der Waals surface area contributed by atoms with E-state index in [2.05, 4.69) is 5.32 Å². The molecule has 0 unspecified atom stereocenters. The Balaban J connectivity index is 1.89. The third kappa shape index (κ3) is 4.94. The van der Waals surface area contributed by atoms with E-state index < -0.39 is 18.5 Å². The predicted octanol–water partition coefficient (Wildman–Crippen LogP) is 4.17. The molecule has 4 nitrogen and oxygen atoms in total. The minimum atomic E-state index is -0.743. The zero-order valence-corrected chi connectivity index (χ0v) is 14.2. The number of carbonyl (C=O) groups excluding carboxylic acids is 2. The highest BCUT2D eigenvalue weighted by molar-refractivity contribution is 6.35. The fraction of sp³-hybridized carbons (Fsp3) is 0.176. The Morgan fingerprint density at radius 1 is 1.17 bits per heavy atom. The number of carbonyl (C=O) groups is 2. The summed E-state index contributed by atoms with van der Waals surface area (Å²) in [7, 11) is 0. The molecule has 0 saturated heterocycles. The molecule has 0 spiro atoms. The minimum absolute atomic E-state index is 0.0866. The summed E-state index contributed by atoms with van der Waals surface area (Å²) >= 11 is 11.7. The first-order valence-corrected chi connectivity index (χ1v) is 7.79. The van der Waals surface area contributed by atoms with Gasteiger partial charge >= 0.3 is 5.97 Å². The topological polar surface area (TPSA) is 55.4 Å². The van der Waals surface area contributed by atoms with Crippen molar-refractivity contribution in [1.29, 1.82) is 0 Å². The molecular formula is C17H14Cl2FNO3. The SMILES string of the molecule is C[C@@H](NC(=O)COC(=O)c1cc(Cl)ccc1Cl)c1ccc(F)cc1. The number of halogens is 3. The van der Waals surface area contributed by atoms with Gasteiger partial charge in [0.05, 0.1) is 16.6 Å². The number of ether oxygens (including phenoxy) is 1. The molecule has 126 valence electrons. The molecule has 0 fully saturated rings. The van der Waals surface area contributed by atoms with Crippen LogP contribution in [-0.4, -0.2) is 18.5 Å². The molecule has 7 heteroatoms. The molecule has 0 aliphatic carbocycles. The fourth-order valence-corrected chi connectivity index (χ4v) is 2.35. The van der Waals surface area contributed by atoms with E-state index in [0.717, 1.165) is 5.56 Å². The third-order valence-corrected chi connectivity index (χ3v) is 3.79. The summed E-state index contributed by atoms with van der Waals surface area (Å²) in [6.45, 7) is 1.27.